The lowest BCUT2D eigenvalue weighted by Crippen LogP contribution is -2.39. The number of fused-ring (bicyclic) bond motifs is 1. The highest BCUT2D eigenvalue weighted by molar-refractivity contribution is 5.79. The van der Waals surface area contributed by atoms with E-state index in [1.54, 1.807) is 19.2 Å². The van der Waals surface area contributed by atoms with Crippen LogP contribution in [-0.4, -0.2) is 46.4 Å². The van der Waals surface area contributed by atoms with Gasteiger partial charge < -0.3 is 24.8 Å². The average molecular weight is 419 g/mol. The Bertz CT molecular complexity index is 875. The zero-order chi connectivity index (χ0) is 21.3. The van der Waals surface area contributed by atoms with Crippen LogP contribution >= 0.6 is 0 Å². The highest BCUT2D eigenvalue weighted by atomic mass is 19.3. The second-order valence-corrected chi connectivity index (χ2v) is 6.83. The third-order valence-electron chi connectivity index (χ3n) is 4.83. The summed E-state index contributed by atoms with van der Waals surface area (Å²) in [5, 5.41) is 6.52. The largest absolute Gasteiger partial charge is 0.493 e. The van der Waals surface area contributed by atoms with Crippen LogP contribution in [0.25, 0.3) is 0 Å². The Balaban J connectivity index is 1.44. The van der Waals surface area contributed by atoms with E-state index in [1.807, 2.05) is 12.1 Å². The summed E-state index contributed by atoms with van der Waals surface area (Å²) in [6, 6.07) is 11.3. The number of hydrogen-bond donors (Lipinski definition) is 2. The van der Waals surface area contributed by atoms with Gasteiger partial charge in [-0.15, -0.1) is 0 Å². The van der Waals surface area contributed by atoms with Gasteiger partial charge in [0.1, 0.15) is 5.75 Å². The lowest BCUT2D eigenvalue weighted by molar-refractivity contribution is -0.0512. The molecule has 0 bridgehead atoms. The standard InChI is InChI=1S/C22H27F2N3O3/c1-25-22(26-10-7-15-3-5-18-17(13-15)9-12-29-18)27-11-8-16-4-6-19(28-2)20(14-16)30-21(23)24/h3-6,13-14,21H,7-12H2,1-2H3,(H2,25,26,27). The number of ether oxygens (including phenoxy) is 3. The van der Waals surface area contributed by atoms with Gasteiger partial charge >= 0.3 is 6.61 Å². The highest BCUT2D eigenvalue weighted by Gasteiger charge is 2.12. The van der Waals surface area contributed by atoms with Crippen LogP contribution in [0.5, 0.6) is 17.2 Å². The lowest BCUT2D eigenvalue weighted by atomic mass is 10.1. The quantitative estimate of drug-likeness (QED) is 0.483. The van der Waals surface area contributed by atoms with Crippen molar-refractivity contribution in [2.24, 2.45) is 4.99 Å². The van der Waals surface area contributed by atoms with Crippen molar-refractivity contribution in [2.75, 3.05) is 33.9 Å². The average Bonchev–Trinajstić information content (AvgIpc) is 3.20. The predicted molar refractivity (Wildman–Crippen MR) is 112 cm³/mol. The van der Waals surface area contributed by atoms with E-state index in [2.05, 4.69) is 32.5 Å². The molecule has 0 atom stereocenters. The molecule has 2 aromatic rings. The molecular weight excluding hydrogens is 392 g/mol. The third kappa shape index (κ3) is 5.98. The molecule has 0 fully saturated rings. The van der Waals surface area contributed by atoms with E-state index in [1.165, 1.54) is 18.2 Å². The van der Waals surface area contributed by atoms with E-state index in [0.29, 0.717) is 18.9 Å². The summed E-state index contributed by atoms with van der Waals surface area (Å²) in [6.07, 6.45) is 2.46. The molecule has 162 valence electrons. The Morgan fingerprint density at radius 3 is 2.43 bits per heavy atom. The Labute approximate surface area is 175 Å². The smallest absolute Gasteiger partial charge is 0.387 e. The van der Waals surface area contributed by atoms with E-state index >= 15 is 0 Å². The molecule has 2 aromatic carbocycles. The number of benzene rings is 2. The van der Waals surface area contributed by atoms with Crippen LogP contribution in [0, 0.1) is 0 Å². The number of alkyl halides is 2. The third-order valence-corrected chi connectivity index (χ3v) is 4.83. The maximum atomic E-state index is 12.6. The van der Waals surface area contributed by atoms with Crippen molar-refractivity contribution in [3.8, 4) is 17.2 Å². The molecule has 0 spiro atoms. The summed E-state index contributed by atoms with van der Waals surface area (Å²) < 4.78 is 40.2. The summed E-state index contributed by atoms with van der Waals surface area (Å²) >= 11 is 0. The van der Waals surface area contributed by atoms with Crippen LogP contribution in [0.1, 0.15) is 16.7 Å². The first-order valence-corrected chi connectivity index (χ1v) is 9.90. The number of rotatable bonds is 9. The van der Waals surface area contributed by atoms with Gasteiger partial charge in [0.25, 0.3) is 0 Å². The SMILES string of the molecule is CN=C(NCCc1ccc2c(c1)CCO2)NCCc1ccc(OC)c(OC(F)F)c1. The number of methoxy groups -OCH3 is 1. The minimum atomic E-state index is -2.89. The monoisotopic (exact) mass is 419 g/mol. The van der Waals surface area contributed by atoms with Crippen LogP contribution < -0.4 is 24.8 Å². The number of halogens is 2. The molecule has 1 aliphatic rings. The van der Waals surface area contributed by atoms with Gasteiger partial charge in [0.2, 0.25) is 0 Å². The molecule has 0 aromatic heterocycles. The Morgan fingerprint density at radius 2 is 1.77 bits per heavy atom. The van der Waals surface area contributed by atoms with Crippen LogP contribution in [0.3, 0.4) is 0 Å². The number of nitrogens with one attached hydrogen (secondary N) is 2. The van der Waals surface area contributed by atoms with Crippen molar-refractivity contribution in [2.45, 2.75) is 25.9 Å². The van der Waals surface area contributed by atoms with E-state index in [0.717, 1.165) is 37.3 Å². The van der Waals surface area contributed by atoms with Gasteiger partial charge in [-0.25, -0.2) is 0 Å². The number of aliphatic imine (C=N–C) groups is 1. The summed E-state index contributed by atoms with van der Waals surface area (Å²) in [5.41, 5.74) is 3.38. The van der Waals surface area contributed by atoms with E-state index in [4.69, 9.17) is 9.47 Å². The number of nitrogens with zero attached hydrogens (tertiary/aromatic N) is 1. The van der Waals surface area contributed by atoms with E-state index in [9.17, 15) is 8.78 Å². The van der Waals surface area contributed by atoms with E-state index < -0.39 is 6.61 Å². The van der Waals surface area contributed by atoms with Gasteiger partial charge in [-0.1, -0.05) is 18.2 Å². The minimum Gasteiger partial charge on any atom is -0.493 e. The molecular formula is C22H27F2N3O3. The maximum Gasteiger partial charge on any atom is 0.387 e. The molecule has 2 N–H and O–H groups in total. The van der Waals surface area contributed by atoms with Crippen molar-refractivity contribution in [3.05, 3.63) is 53.1 Å². The zero-order valence-corrected chi connectivity index (χ0v) is 17.2. The van der Waals surface area contributed by atoms with Crippen LogP contribution in [0.2, 0.25) is 0 Å². The van der Waals surface area contributed by atoms with Gasteiger partial charge in [-0.05, 0) is 47.7 Å². The molecule has 0 radical (unpaired) electrons. The predicted octanol–water partition coefficient (Wildman–Crippen LogP) is 3.18. The van der Waals surface area contributed by atoms with E-state index in [-0.39, 0.29) is 11.5 Å². The number of guanidine groups is 1. The summed E-state index contributed by atoms with van der Waals surface area (Å²) in [6.45, 7) is -0.796. The highest BCUT2D eigenvalue weighted by Crippen LogP contribution is 2.29. The summed E-state index contributed by atoms with van der Waals surface area (Å²) in [4.78, 5) is 4.22. The second kappa shape index (κ2) is 10.7. The fraction of sp³-hybridized carbons (Fsp3) is 0.409. The molecule has 8 heteroatoms. The first-order valence-electron chi connectivity index (χ1n) is 9.90. The fourth-order valence-corrected chi connectivity index (χ4v) is 3.33. The van der Waals surface area contributed by atoms with Crippen molar-refractivity contribution >= 4 is 5.96 Å². The van der Waals surface area contributed by atoms with Crippen LogP contribution in [0.4, 0.5) is 8.78 Å². The molecule has 1 aliphatic heterocycles. The lowest BCUT2D eigenvalue weighted by Gasteiger charge is -2.14. The molecule has 30 heavy (non-hydrogen) atoms. The fourth-order valence-electron chi connectivity index (χ4n) is 3.33. The Morgan fingerprint density at radius 1 is 1.07 bits per heavy atom. The van der Waals surface area contributed by atoms with Crippen molar-refractivity contribution in [1.29, 1.82) is 0 Å². The van der Waals surface area contributed by atoms with Gasteiger partial charge in [0.15, 0.2) is 17.5 Å². The van der Waals surface area contributed by atoms with Gasteiger partial charge in [0.05, 0.1) is 13.7 Å². The molecule has 0 aliphatic carbocycles. The first-order chi connectivity index (χ1) is 14.6. The normalized spacial score (nSPS) is 13.0. The summed E-state index contributed by atoms with van der Waals surface area (Å²) in [5.74, 6) is 2.00. The Kier molecular flexibility index (Phi) is 7.70. The van der Waals surface area contributed by atoms with Gasteiger partial charge in [0, 0.05) is 26.6 Å². The maximum absolute atomic E-state index is 12.6. The molecule has 0 amide bonds. The van der Waals surface area contributed by atoms with Crippen molar-refractivity contribution in [1.82, 2.24) is 10.6 Å². The van der Waals surface area contributed by atoms with Gasteiger partial charge in [-0.2, -0.15) is 8.78 Å². The van der Waals surface area contributed by atoms with Crippen LogP contribution in [-0.2, 0) is 19.3 Å². The summed E-state index contributed by atoms with van der Waals surface area (Å²) in [7, 11) is 3.13. The molecule has 3 rings (SSSR count). The molecule has 1 heterocycles. The van der Waals surface area contributed by atoms with Crippen molar-refractivity contribution in [3.63, 3.8) is 0 Å². The Hall–Kier alpha value is -3.03. The van der Waals surface area contributed by atoms with Crippen LogP contribution in [0.15, 0.2) is 41.4 Å². The molecule has 0 saturated heterocycles. The molecule has 0 saturated carbocycles. The topological polar surface area (TPSA) is 64.1 Å². The van der Waals surface area contributed by atoms with Crippen molar-refractivity contribution < 1.29 is 23.0 Å². The zero-order valence-electron chi connectivity index (χ0n) is 17.2. The number of hydrogen-bond acceptors (Lipinski definition) is 4. The minimum absolute atomic E-state index is 0.0345. The second-order valence-electron chi connectivity index (χ2n) is 6.83. The molecule has 6 nitrogen and oxygen atoms in total. The molecule has 0 unspecified atom stereocenters. The first kappa shape index (κ1) is 21.7. The van der Waals surface area contributed by atoms with Gasteiger partial charge in [-0.3, -0.25) is 4.99 Å².